The van der Waals surface area contributed by atoms with Gasteiger partial charge in [0, 0.05) is 25.2 Å². The van der Waals surface area contributed by atoms with Crippen molar-refractivity contribution in [1.82, 2.24) is 9.80 Å². The molecule has 0 aliphatic carbocycles. The van der Waals surface area contributed by atoms with E-state index in [2.05, 4.69) is 16.8 Å². The SMILES string of the molecule is CC(N)C1CCCCN1C(=O)C1CCN(C)C1. The second-order valence-corrected chi connectivity index (χ2v) is 5.70. The second kappa shape index (κ2) is 5.36. The van der Waals surface area contributed by atoms with Crippen molar-refractivity contribution in [1.29, 1.82) is 0 Å². The van der Waals surface area contributed by atoms with Crippen LogP contribution in [-0.2, 0) is 4.79 Å². The van der Waals surface area contributed by atoms with Crippen LogP contribution in [0.4, 0.5) is 0 Å². The number of hydrogen-bond donors (Lipinski definition) is 1. The average molecular weight is 239 g/mol. The van der Waals surface area contributed by atoms with E-state index in [0.29, 0.717) is 5.91 Å². The lowest BCUT2D eigenvalue weighted by molar-refractivity contribution is -0.139. The number of likely N-dealkylation sites (tertiary alicyclic amines) is 2. The molecule has 3 atom stereocenters. The van der Waals surface area contributed by atoms with Gasteiger partial charge in [-0.05, 0) is 46.2 Å². The van der Waals surface area contributed by atoms with Crippen LogP contribution in [0.25, 0.3) is 0 Å². The van der Waals surface area contributed by atoms with Gasteiger partial charge < -0.3 is 15.5 Å². The highest BCUT2D eigenvalue weighted by Gasteiger charge is 2.35. The summed E-state index contributed by atoms with van der Waals surface area (Å²) in [6, 6.07) is 0.362. The molecular weight excluding hydrogens is 214 g/mol. The van der Waals surface area contributed by atoms with Crippen LogP contribution in [0.1, 0.15) is 32.6 Å². The number of nitrogens with zero attached hydrogens (tertiary/aromatic N) is 2. The van der Waals surface area contributed by atoms with Crippen LogP contribution >= 0.6 is 0 Å². The van der Waals surface area contributed by atoms with E-state index in [0.717, 1.165) is 38.9 Å². The maximum absolute atomic E-state index is 12.5. The molecule has 17 heavy (non-hydrogen) atoms. The van der Waals surface area contributed by atoms with Gasteiger partial charge in [-0.2, -0.15) is 0 Å². The first-order chi connectivity index (χ1) is 8.09. The van der Waals surface area contributed by atoms with Gasteiger partial charge in [-0.15, -0.1) is 0 Å². The monoisotopic (exact) mass is 239 g/mol. The van der Waals surface area contributed by atoms with Crippen molar-refractivity contribution < 1.29 is 4.79 Å². The molecule has 2 aliphatic heterocycles. The van der Waals surface area contributed by atoms with Gasteiger partial charge in [0.1, 0.15) is 0 Å². The molecule has 0 aromatic rings. The Labute approximate surface area is 104 Å². The molecule has 2 fully saturated rings. The molecule has 2 rings (SSSR count). The van der Waals surface area contributed by atoms with Crippen molar-refractivity contribution in [2.24, 2.45) is 11.7 Å². The normalized spacial score (nSPS) is 32.8. The van der Waals surface area contributed by atoms with Crippen molar-refractivity contribution in [2.75, 3.05) is 26.7 Å². The van der Waals surface area contributed by atoms with Gasteiger partial charge in [-0.25, -0.2) is 0 Å². The Kier molecular flexibility index (Phi) is 4.05. The molecule has 2 heterocycles. The first-order valence-electron chi connectivity index (χ1n) is 6.84. The standard InChI is InChI=1S/C13H25N3O/c1-10(14)12-5-3-4-7-16(12)13(17)11-6-8-15(2)9-11/h10-12H,3-9,14H2,1-2H3. The third-order valence-corrected chi connectivity index (χ3v) is 4.18. The van der Waals surface area contributed by atoms with Crippen LogP contribution in [0.15, 0.2) is 0 Å². The minimum Gasteiger partial charge on any atom is -0.338 e. The fourth-order valence-electron chi connectivity index (χ4n) is 3.15. The van der Waals surface area contributed by atoms with Crippen LogP contribution in [0.3, 0.4) is 0 Å². The topological polar surface area (TPSA) is 49.6 Å². The number of amides is 1. The van der Waals surface area contributed by atoms with E-state index in [1.54, 1.807) is 0 Å². The summed E-state index contributed by atoms with van der Waals surface area (Å²) in [6.45, 7) is 4.90. The molecule has 4 heteroatoms. The Balaban J connectivity index is 2.01. The number of rotatable bonds is 2. The zero-order valence-corrected chi connectivity index (χ0v) is 11.1. The Hall–Kier alpha value is -0.610. The van der Waals surface area contributed by atoms with E-state index in [-0.39, 0.29) is 18.0 Å². The van der Waals surface area contributed by atoms with Gasteiger partial charge in [-0.1, -0.05) is 0 Å². The molecule has 2 saturated heterocycles. The highest BCUT2D eigenvalue weighted by Crippen LogP contribution is 2.24. The number of carbonyl (C=O) groups excluding carboxylic acids is 1. The van der Waals surface area contributed by atoms with Crippen molar-refractivity contribution >= 4 is 5.91 Å². The zero-order valence-electron chi connectivity index (χ0n) is 11.1. The fourth-order valence-corrected chi connectivity index (χ4v) is 3.15. The lowest BCUT2D eigenvalue weighted by Crippen LogP contribution is -2.53. The quantitative estimate of drug-likeness (QED) is 0.770. The summed E-state index contributed by atoms with van der Waals surface area (Å²) < 4.78 is 0. The maximum atomic E-state index is 12.5. The van der Waals surface area contributed by atoms with E-state index < -0.39 is 0 Å². The largest absolute Gasteiger partial charge is 0.338 e. The van der Waals surface area contributed by atoms with Crippen molar-refractivity contribution in [3.05, 3.63) is 0 Å². The lowest BCUT2D eigenvalue weighted by atomic mass is 9.94. The molecule has 0 radical (unpaired) electrons. The van der Waals surface area contributed by atoms with Gasteiger partial charge in [0.05, 0.1) is 5.92 Å². The smallest absolute Gasteiger partial charge is 0.227 e. The molecule has 4 nitrogen and oxygen atoms in total. The Morgan fingerprint density at radius 2 is 2.06 bits per heavy atom. The summed E-state index contributed by atoms with van der Waals surface area (Å²) in [5.41, 5.74) is 6.02. The Morgan fingerprint density at radius 3 is 2.65 bits per heavy atom. The molecule has 1 amide bonds. The first kappa shape index (κ1) is 12.8. The molecule has 0 aromatic heterocycles. The molecule has 0 spiro atoms. The first-order valence-corrected chi connectivity index (χ1v) is 6.84. The Bertz CT molecular complexity index is 280. The average Bonchev–Trinajstić information content (AvgIpc) is 2.75. The van der Waals surface area contributed by atoms with Crippen molar-refractivity contribution in [3.63, 3.8) is 0 Å². The van der Waals surface area contributed by atoms with Crippen molar-refractivity contribution in [2.45, 2.75) is 44.7 Å². The van der Waals surface area contributed by atoms with Gasteiger partial charge in [-0.3, -0.25) is 4.79 Å². The molecule has 3 unspecified atom stereocenters. The van der Waals surface area contributed by atoms with E-state index >= 15 is 0 Å². The molecule has 0 bridgehead atoms. The third kappa shape index (κ3) is 2.80. The second-order valence-electron chi connectivity index (χ2n) is 5.70. The zero-order chi connectivity index (χ0) is 12.4. The van der Waals surface area contributed by atoms with Gasteiger partial charge >= 0.3 is 0 Å². The summed E-state index contributed by atoms with van der Waals surface area (Å²) in [6.07, 6.45) is 4.43. The van der Waals surface area contributed by atoms with Crippen LogP contribution in [0.2, 0.25) is 0 Å². The minimum absolute atomic E-state index is 0.0957. The molecule has 2 N–H and O–H groups in total. The van der Waals surface area contributed by atoms with Gasteiger partial charge in [0.2, 0.25) is 5.91 Å². The van der Waals surface area contributed by atoms with Gasteiger partial charge in [0.25, 0.3) is 0 Å². The van der Waals surface area contributed by atoms with Crippen LogP contribution in [0, 0.1) is 5.92 Å². The van der Waals surface area contributed by atoms with Crippen molar-refractivity contribution in [3.8, 4) is 0 Å². The molecule has 98 valence electrons. The summed E-state index contributed by atoms with van der Waals surface area (Å²) in [7, 11) is 2.09. The number of piperidine rings is 1. The molecular formula is C13H25N3O. The predicted molar refractivity (Wildman–Crippen MR) is 68.6 cm³/mol. The van der Waals surface area contributed by atoms with Gasteiger partial charge in [0.15, 0.2) is 0 Å². The van der Waals surface area contributed by atoms with E-state index in [1.807, 2.05) is 6.92 Å². The predicted octanol–water partition coefficient (Wildman–Crippen LogP) is 0.666. The highest BCUT2D eigenvalue weighted by atomic mass is 16.2. The molecule has 0 saturated carbocycles. The minimum atomic E-state index is 0.0957. The number of nitrogens with two attached hydrogens (primary N) is 1. The van der Waals surface area contributed by atoms with E-state index in [9.17, 15) is 4.79 Å². The Morgan fingerprint density at radius 1 is 1.29 bits per heavy atom. The fraction of sp³-hybridized carbons (Fsp3) is 0.923. The number of carbonyl (C=O) groups is 1. The van der Waals surface area contributed by atoms with Crippen LogP contribution in [0.5, 0.6) is 0 Å². The maximum Gasteiger partial charge on any atom is 0.227 e. The summed E-state index contributed by atoms with van der Waals surface area (Å²) in [4.78, 5) is 16.8. The molecule has 2 aliphatic rings. The summed E-state index contributed by atoms with van der Waals surface area (Å²) in [5, 5.41) is 0. The summed E-state index contributed by atoms with van der Waals surface area (Å²) in [5.74, 6) is 0.552. The number of hydrogen-bond acceptors (Lipinski definition) is 3. The van der Waals surface area contributed by atoms with Crippen LogP contribution in [-0.4, -0.2) is 54.5 Å². The van der Waals surface area contributed by atoms with E-state index in [1.165, 1.54) is 6.42 Å². The van der Waals surface area contributed by atoms with Crippen LogP contribution < -0.4 is 5.73 Å². The summed E-state index contributed by atoms with van der Waals surface area (Å²) >= 11 is 0. The van der Waals surface area contributed by atoms with E-state index in [4.69, 9.17) is 5.73 Å². The highest BCUT2D eigenvalue weighted by molar-refractivity contribution is 5.80. The lowest BCUT2D eigenvalue weighted by Gasteiger charge is -2.39. The molecule has 0 aromatic carbocycles. The third-order valence-electron chi connectivity index (χ3n) is 4.18.